The Morgan fingerprint density at radius 3 is 1.47 bits per heavy atom. The highest BCUT2D eigenvalue weighted by Gasteiger charge is 2.48. The van der Waals surface area contributed by atoms with Crippen molar-refractivity contribution in [3.8, 4) is 0 Å². The van der Waals surface area contributed by atoms with E-state index in [-0.39, 0.29) is 0 Å². The summed E-state index contributed by atoms with van der Waals surface area (Å²) in [5, 5.41) is 48.4. The summed E-state index contributed by atoms with van der Waals surface area (Å²) < 4.78 is 0. The minimum atomic E-state index is -1.54. The van der Waals surface area contributed by atoms with Gasteiger partial charge in [0.05, 0.1) is 12.2 Å². The Balaban J connectivity index is 2.33. The fraction of sp³-hybridized carbons (Fsp3) is 0.500. The van der Waals surface area contributed by atoms with Crippen LogP contribution in [-0.4, -0.2) is 56.1 Å². The topological polar surface area (TPSA) is 101 Å². The summed E-state index contributed by atoms with van der Waals surface area (Å²) in [4.78, 5) is 0. The van der Waals surface area contributed by atoms with Crippen molar-refractivity contribution in [2.24, 2.45) is 0 Å². The van der Waals surface area contributed by atoms with E-state index in [0.29, 0.717) is 5.56 Å². The second-order valence-corrected chi connectivity index (χ2v) is 4.39. The minimum Gasteiger partial charge on any atom is -0.390 e. The molecule has 1 aromatic rings. The van der Waals surface area contributed by atoms with E-state index in [4.69, 9.17) is 0 Å². The van der Waals surface area contributed by atoms with Gasteiger partial charge in [-0.05, 0) is 5.56 Å². The molecule has 2 unspecified atom stereocenters. The Morgan fingerprint density at radius 2 is 1.00 bits per heavy atom. The van der Waals surface area contributed by atoms with E-state index < -0.39 is 36.4 Å². The Labute approximate surface area is 98.6 Å². The number of hydrogen-bond donors (Lipinski definition) is 5. The van der Waals surface area contributed by atoms with Gasteiger partial charge in [0.15, 0.2) is 0 Å². The molecular formula is C12H16O5. The lowest BCUT2D eigenvalue weighted by atomic mass is 9.75. The first-order valence-electron chi connectivity index (χ1n) is 5.49. The molecule has 5 heteroatoms. The van der Waals surface area contributed by atoms with Crippen molar-refractivity contribution in [1.29, 1.82) is 0 Å². The smallest absolute Gasteiger partial charge is 0.111 e. The van der Waals surface area contributed by atoms with Gasteiger partial charge in [-0.25, -0.2) is 0 Å². The normalized spacial score (nSPS) is 42.4. The summed E-state index contributed by atoms with van der Waals surface area (Å²) in [7, 11) is 0. The van der Waals surface area contributed by atoms with Crippen molar-refractivity contribution in [1.82, 2.24) is 0 Å². The minimum absolute atomic E-state index is 0.609. The van der Waals surface area contributed by atoms with E-state index in [1.165, 1.54) is 0 Å². The summed E-state index contributed by atoms with van der Waals surface area (Å²) >= 11 is 0. The van der Waals surface area contributed by atoms with Gasteiger partial charge in [-0.3, -0.25) is 0 Å². The molecule has 0 saturated heterocycles. The maximum absolute atomic E-state index is 9.87. The van der Waals surface area contributed by atoms with Gasteiger partial charge in [0.2, 0.25) is 0 Å². The highest BCUT2D eigenvalue weighted by atomic mass is 16.4. The van der Waals surface area contributed by atoms with Gasteiger partial charge in [0.1, 0.15) is 18.3 Å². The van der Waals surface area contributed by atoms with Crippen LogP contribution in [0.5, 0.6) is 0 Å². The quantitative estimate of drug-likeness (QED) is 0.415. The molecule has 1 saturated carbocycles. The molecule has 2 rings (SSSR count). The second kappa shape index (κ2) is 4.72. The molecule has 0 radical (unpaired) electrons. The van der Waals surface area contributed by atoms with E-state index in [1.54, 1.807) is 30.3 Å². The van der Waals surface area contributed by atoms with Gasteiger partial charge < -0.3 is 25.5 Å². The van der Waals surface area contributed by atoms with Crippen LogP contribution >= 0.6 is 0 Å². The fourth-order valence-corrected chi connectivity index (χ4v) is 2.30. The van der Waals surface area contributed by atoms with Crippen LogP contribution in [0.1, 0.15) is 11.5 Å². The number of benzene rings is 1. The van der Waals surface area contributed by atoms with Crippen molar-refractivity contribution in [3.63, 3.8) is 0 Å². The van der Waals surface area contributed by atoms with Gasteiger partial charge in [-0.1, -0.05) is 30.3 Å². The van der Waals surface area contributed by atoms with Gasteiger partial charge in [0, 0.05) is 5.92 Å². The predicted molar refractivity (Wildman–Crippen MR) is 59.2 cm³/mol. The lowest BCUT2D eigenvalue weighted by Gasteiger charge is -2.42. The van der Waals surface area contributed by atoms with E-state index in [1.807, 2.05) is 0 Å². The molecule has 0 heterocycles. The number of aliphatic hydroxyl groups is 5. The van der Waals surface area contributed by atoms with E-state index in [2.05, 4.69) is 0 Å². The van der Waals surface area contributed by atoms with Gasteiger partial charge in [-0.2, -0.15) is 0 Å². The largest absolute Gasteiger partial charge is 0.390 e. The zero-order valence-electron chi connectivity index (χ0n) is 9.09. The van der Waals surface area contributed by atoms with Crippen molar-refractivity contribution < 1.29 is 25.5 Å². The molecule has 17 heavy (non-hydrogen) atoms. The summed E-state index contributed by atoms with van der Waals surface area (Å²) in [6, 6.07) is 8.63. The fourth-order valence-electron chi connectivity index (χ4n) is 2.30. The highest BCUT2D eigenvalue weighted by molar-refractivity contribution is 5.25. The third kappa shape index (κ3) is 2.08. The van der Waals surface area contributed by atoms with E-state index >= 15 is 0 Å². The zero-order valence-corrected chi connectivity index (χ0v) is 9.09. The third-order valence-corrected chi connectivity index (χ3v) is 3.32. The predicted octanol–water partition coefficient (Wildman–Crippen LogP) is -1.41. The third-order valence-electron chi connectivity index (χ3n) is 3.32. The van der Waals surface area contributed by atoms with Gasteiger partial charge >= 0.3 is 0 Å². The highest BCUT2D eigenvalue weighted by Crippen LogP contribution is 2.34. The zero-order chi connectivity index (χ0) is 12.6. The van der Waals surface area contributed by atoms with Gasteiger partial charge in [-0.15, -0.1) is 0 Å². The molecule has 1 aliphatic rings. The molecule has 5 N–H and O–H groups in total. The first kappa shape index (κ1) is 12.5. The van der Waals surface area contributed by atoms with Crippen LogP contribution in [0.25, 0.3) is 0 Å². The summed E-state index contributed by atoms with van der Waals surface area (Å²) in [5.74, 6) is -0.815. The molecule has 1 fully saturated rings. The molecule has 0 spiro atoms. The SMILES string of the molecule is OC1[C@@H](O)[C@H](O)C(c2ccccc2)[C@@H](O)[C@H]1O. The molecule has 0 aromatic heterocycles. The van der Waals surface area contributed by atoms with Crippen LogP contribution in [0.2, 0.25) is 0 Å². The maximum Gasteiger partial charge on any atom is 0.111 e. The Kier molecular flexibility index (Phi) is 3.46. The standard InChI is InChI=1S/C12H16O5/c13-8-7(6-4-2-1-3-5-6)9(14)11(16)12(17)10(8)15/h1-5,7-17H/t7?,8-,9-,10-,11+,12?/m1/s1. The summed E-state index contributed by atoms with van der Waals surface area (Å²) in [5.41, 5.74) is 0.609. The molecule has 0 amide bonds. The Hall–Kier alpha value is -0.980. The van der Waals surface area contributed by atoms with Crippen LogP contribution in [0.3, 0.4) is 0 Å². The molecule has 94 valence electrons. The van der Waals surface area contributed by atoms with Crippen molar-refractivity contribution in [2.45, 2.75) is 36.4 Å². The number of rotatable bonds is 1. The molecule has 5 nitrogen and oxygen atoms in total. The van der Waals surface area contributed by atoms with Crippen molar-refractivity contribution in [3.05, 3.63) is 35.9 Å². The lowest BCUT2D eigenvalue weighted by molar-refractivity contribution is -0.187. The summed E-state index contributed by atoms with van der Waals surface area (Å²) in [6.07, 6.45) is -7.12. The van der Waals surface area contributed by atoms with Crippen LogP contribution < -0.4 is 0 Å². The first-order valence-corrected chi connectivity index (χ1v) is 5.49. The monoisotopic (exact) mass is 240 g/mol. The Morgan fingerprint density at radius 1 is 0.588 bits per heavy atom. The van der Waals surface area contributed by atoms with E-state index in [0.717, 1.165) is 0 Å². The van der Waals surface area contributed by atoms with Crippen LogP contribution in [0, 0.1) is 0 Å². The van der Waals surface area contributed by atoms with Crippen molar-refractivity contribution in [2.75, 3.05) is 0 Å². The molecular weight excluding hydrogens is 224 g/mol. The summed E-state index contributed by atoms with van der Waals surface area (Å²) in [6.45, 7) is 0. The average Bonchev–Trinajstić information content (AvgIpc) is 2.36. The lowest BCUT2D eigenvalue weighted by Crippen LogP contribution is -2.59. The van der Waals surface area contributed by atoms with E-state index in [9.17, 15) is 25.5 Å². The van der Waals surface area contributed by atoms with Crippen molar-refractivity contribution >= 4 is 0 Å². The van der Waals surface area contributed by atoms with Crippen LogP contribution in [-0.2, 0) is 0 Å². The molecule has 0 aliphatic heterocycles. The molecule has 6 atom stereocenters. The number of aliphatic hydroxyl groups excluding tert-OH is 5. The molecule has 1 aromatic carbocycles. The molecule has 0 bridgehead atoms. The molecule has 1 aliphatic carbocycles. The second-order valence-electron chi connectivity index (χ2n) is 4.39. The maximum atomic E-state index is 9.87. The van der Waals surface area contributed by atoms with Crippen LogP contribution in [0.4, 0.5) is 0 Å². The average molecular weight is 240 g/mol. The first-order chi connectivity index (χ1) is 8.04. The van der Waals surface area contributed by atoms with Crippen LogP contribution in [0.15, 0.2) is 30.3 Å². The Bertz CT molecular complexity index is 352. The number of hydrogen-bond acceptors (Lipinski definition) is 5. The van der Waals surface area contributed by atoms with Gasteiger partial charge in [0.25, 0.3) is 0 Å².